The summed E-state index contributed by atoms with van der Waals surface area (Å²) in [6.45, 7) is 1.57. The number of hydrogen-bond acceptors (Lipinski definition) is 7. The van der Waals surface area contributed by atoms with Crippen molar-refractivity contribution < 1.29 is 22.7 Å². The van der Waals surface area contributed by atoms with Crippen LogP contribution in [0.25, 0.3) is 11.0 Å². The number of piperidine rings is 1. The Hall–Kier alpha value is -3.18. The average Bonchev–Trinajstić information content (AvgIpc) is 3.26. The van der Waals surface area contributed by atoms with Gasteiger partial charge in [-0.2, -0.15) is 4.31 Å². The lowest BCUT2D eigenvalue weighted by molar-refractivity contribution is -0.116. The maximum atomic E-state index is 12.9. The third kappa shape index (κ3) is 5.15. The van der Waals surface area contributed by atoms with E-state index in [4.69, 9.17) is 9.47 Å². The zero-order valence-electron chi connectivity index (χ0n) is 19.4. The molecule has 1 N–H and O–H groups in total. The normalized spacial score (nSPS) is 14.8. The number of anilines is 1. The van der Waals surface area contributed by atoms with Gasteiger partial charge < -0.3 is 14.8 Å². The number of aryl methyl sites for hydroxylation is 1. The molecule has 2 heterocycles. The van der Waals surface area contributed by atoms with Crippen molar-refractivity contribution in [3.8, 4) is 11.5 Å². The van der Waals surface area contributed by atoms with Gasteiger partial charge in [0.2, 0.25) is 15.9 Å². The molecule has 0 atom stereocenters. The van der Waals surface area contributed by atoms with Crippen molar-refractivity contribution in [2.45, 2.75) is 43.5 Å². The number of nitrogens with zero attached hydrogens (tertiary/aromatic N) is 4. The smallest absolute Gasteiger partial charge is 0.243 e. The van der Waals surface area contributed by atoms with Crippen LogP contribution in [0.3, 0.4) is 0 Å². The predicted octanol–water partition coefficient (Wildman–Crippen LogP) is 3.04. The first-order valence-electron chi connectivity index (χ1n) is 11.3. The van der Waals surface area contributed by atoms with Crippen molar-refractivity contribution >= 4 is 32.7 Å². The average molecular weight is 488 g/mol. The molecule has 1 aromatic heterocycles. The molecule has 0 saturated carbocycles. The zero-order valence-corrected chi connectivity index (χ0v) is 20.2. The van der Waals surface area contributed by atoms with Gasteiger partial charge >= 0.3 is 0 Å². The molecule has 2 aromatic carbocycles. The summed E-state index contributed by atoms with van der Waals surface area (Å²) in [5.74, 6) is 1.00. The fourth-order valence-corrected chi connectivity index (χ4v) is 5.58. The molecule has 182 valence electrons. The standard InChI is InChI=1S/C23H29N5O5S/c1-32-17-8-11-22(33-2)20(15-17)24-23(29)7-6-14-28-21-10-9-18(16-19(21)25-26-28)34(30,31)27-12-4-3-5-13-27/h8-11,15-16H,3-7,12-14H2,1-2H3,(H,24,29). The molecule has 4 rings (SSSR count). The molecule has 1 aliphatic heterocycles. The van der Waals surface area contributed by atoms with Crippen LogP contribution in [-0.2, 0) is 21.4 Å². The topological polar surface area (TPSA) is 116 Å². The Morgan fingerprint density at radius 3 is 2.59 bits per heavy atom. The molecule has 1 amide bonds. The van der Waals surface area contributed by atoms with Crippen molar-refractivity contribution in [3.63, 3.8) is 0 Å². The lowest BCUT2D eigenvalue weighted by atomic mass is 10.2. The van der Waals surface area contributed by atoms with Crippen LogP contribution in [-0.4, -0.2) is 60.9 Å². The minimum atomic E-state index is -3.53. The number of ether oxygens (including phenoxy) is 2. The van der Waals surface area contributed by atoms with Crippen LogP contribution in [0.15, 0.2) is 41.3 Å². The van der Waals surface area contributed by atoms with Crippen molar-refractivity contribution in [2.24, 2.45) is 0 Å². The Morgan fingerprint density at radius 2 is 1.85 bits per heavy atom. The monoisotopic (exact) mass is 487 g/mol. The maximum absolute atomic E-state index is 12.9. The van der Waals surface area contributed by atoms with Gasteiger partial charge in [0.05, 0.1) is 30.3 Å². The number of nitrogens with one attached hydrogen (secondary N) is 1. The van der Waals surface area contributed by atoms with E-state index in [1.807, 2.05) is 0 Å². The molecule has 10 nitrogen and oxygen atoms in total. The Bertz CT molecular complexity index is 1270. The van der Waals surface area contributed by atoms with Crippen LogP contribution in [0.5, 0.6) is 11.5 Å². The number of carbonyl (C=O) groups is 1. The van der Waals surface area contributed by atoms with Crippen LogP contribution >= 0.6 is 0 Å². The highest BCUT2D eigenvalue weighted by Gasteiger charge is 2.26. The van der Waals surface area contributed by atoms with Crippen LogP contribution < -0.4 is 14.8 Å². The lowest BCUT2D eigenvalue weighted by Gasteiger charge is -2.25. The van der Waals surface area contributed by atoms with Crippen molar-refractivity contribution in [3.05, 3.63) is 36.4 Å². The van der Waals surface area contributed by atoms with Gasteiger partial charge in [-0.15, -0.1) is 5.10 Å². The minimum Gasteiger partial charge on any atom is -0.497 e. The number of rotatable bonds is 9. The predicted molar refractivity (Wildman–Crippen MR) is 128 cm³/mol. The largest absolute Gasteiger partial charge is 0.497 e. The molecule has 0 bridgehead atoms. The van der Waals surface area contributed by atoms with E-state index >= 15 is 0 Å². The summed E-state index contributed by atoms with van der Waals surface area (Å²) in [5, 5.41) is 11.1. The van der Waals surface area contributed by atoms with Gasteiger partial charge in [-0.3, -0.25) is 4.79 Å². The molecule has 0 radical (unpaired) electrons. The van der Waals surface area contributed by atoms with E-state index in [1.165, 1.54) is 11.4 Å². The molecular formula is C23H29N5O5S. The molecule has 1 aliphatic rings. The van der Waals surface area contributed by atoms with Crippen LogP contribution in [0.1, 0.15) is 32.1 Å². The number of sulfonamides is 1. The number of hydrogen-bond donors (Lipinski definition) is 1. The van der Waals surface area contributed by atoms with E-state index in [0.717, 1.165) is 24.8 Å². The van der Waals surface area contributed by atoms with Gasteiger partial charge in [0.15, 0.2) is 0 Å². The molecule has 0 unspecified atom stereocenters. The molecule has 1 fully saturated rings. The third-order valence-electron chi connectivity index (χ3n) is 5.89. The summed E-state index contributed by atoms with van der Waals surface area (Å²) in [7, 11) is -0.433. The summed E-state index contributed by atoms with van der Waals surface area (Å²) in [5.41, 5.74) is 1.79. The third-order valence-corrected chi connectivity index (χ3v) is 7.79. The summed E-state index contributed by atoms with van der Waals surface area (Å²) in [4.78, 5) is 12.7. The van der Waals surface area contributed by atoms with Gasteiger partial charge in [0.1, 0.15) is 17.0 Å². The Kier molecular flexibility index (Phi) is 7.32. The number of benzene rings is 2. The van der Waals surface area contributed by atoms with E-state index in [0.29, 0.717) is 48.8 Å². The van der Waals surface area contributed by atoms with Crippen molar-refractivity contribution in [1.29, 1.82) is 0 Å². The van der Waals surface area contributed by atoms with Gasteiger partial charge in [-0.05, 0) is 49.6 Å². The highest BCUT2D eigenvalue weighted by molar-refractivity contribution is 7.89. The van der Waals surface area contributed by atoms with Gasteiger partial charge in [0, 0.05) is 32.1 Å². The summed E-state index contributed by atoms with van der Waals surface area (Å²) < 4.78 is 39.6. The first-order valence-corrected chi connectivity index (χ1v) is 12.7. The molecule has 1 saturated heterocycles. The summed E-state index contributed by atoms with van der Waals surface area (Å²) >= 11 is 0. The SMILES string of the molecule is COc1ccc(OC)c(NC(=O)CCCn2nnc3cc(S(=O)(=O)N4CCCCC4)ccc32)c1. The van der Waals surface area contributed by atoms with E-state index in [1.54, 1.807) is 48.2 Å². The van der Waals surface area contributed by atoms with Crippen LogP contribution in [0.4, 0.5) is 5.69 Å². The van der Waals surface area contributed by atoms with Crippen LogP contribution in [0, 0.1) is 0 Å². The summed E-state index contributed by atoms with van der Waals surface area (Å²) in [6, 6.07) is 10.1. The fraction of sp³-hybridized carbons (Fsp3) is 0.435. The Balaban J connectivity index is 1.38. The van der Waals surface area contributed by atoms with E-state index < -0.39 is 10.0 Å². The quantitative estimate of drug-likeness (QED) is 0.493. The highest BCUT2D eigenvalue weighted by Crippen LogP contribution is 2.29. The van der Waals surface area contributed by atoms with E-state index in [2.05, 4.69) is 15.6 Å². The van der Waals surface area contributed by atoms with E-state index in [9.17, 15) is 13.2 Å². The fourth-order valence-electron chi connectivity index (χ4n) is 4.05. The lowest BCUT2D eigenvalue weighted by Crippen LogP contribution is -2.35. The number of carbonyl (C=O) groups excluding carboxylic acids is 1. The second-order valence-electron chi connectivity index (χ2n) is 8.15. The zero-order chi connectivity index (χ0) is 24.1. The van der Waals surface area contributed by atoms with Gasteiger partial charge in [-0.1, -0.05) is 11.6 Å². The Morgan fingerprint density at radius 1 is 1.06 bits per heavy atom. The number of amides is 1. The van der Waals surface area contributed by atoms with Crippen LogP contribution in [0.2, 0.25) is 0 Å². The maximum Gasteiger partial charge on any atom is 0.243 e. The van der Waals surface area contributed by atoms with Gasteiger partial charge in [-0.25, -0.2) is 13.1 Å². The molecule has 0 aliphatic carbocycles. The first-order chi connectivity index (χ1) is 16.4. The second-order valence-corrected chi connectivity index (χ2v) is 10.1. The van der Waals surface area contributed by atoms with Gasteiger partial charge in [0.25, 0.3) is 0 Å². The number of fused-ring (bicyclic) bond motifs is 1. The second kappa shape index (κ2) is 10.4. The first kappa shape index (κ1) is 24.0. The molecule has 3 aromatic rings. The van der Waals surface area contributed by atoms with Crippen molar-refractivity contribution in [1.82, 2.24) is 19.3 Å². The summed E-state index contributed by atoms with van der Waals surface area (Å²) in [6.07, 6.45) is 3.63. The van der Waals surface area contributed by atoms with Crippen molar-refractivity contribution in [2.75, 3.05) is 32.6 Å². The van der Waals surface area contributed by atoms with E-state index in [-0.39, 0.29) is 17.2 Å². The molecule has 34 heavy (non-hydrogen) atoms. The molecule has 0 spiro atoms. The Labute approximate surface area is 198 Å². The minimum absolute atomic E-state index is 0.161. The number of aromatic nitrogens is 3. The molecule has 11 heteroatoms. The molecular weight excluding hydrogens is 458 g/mol. The number of methoxy groups -OCH3 is 2. The highest BCUT2D eigenvalue weighted by atomic mass is 32.2.